The molecule has 0 aromatic heterocycles. The van der Waals surface area contributed by atoms with Crippen LogP contribution in [-0.4, -0.2) is 35.2 Å². The topological polar surface area (TPSA) is 40.6 Å². The van der Waals surface area contributed by atoms with Gasteiger partial charge in [-0.25, -0.2) is 0 Å². The molecule has 2 fully saturated rings. The third kappa shape index (κ3) is 2.53. The first-order valence-corrected chi connectivity index (χ1v) is 8.69. The lowest BCUT2D eigenvalue weighted by Crippen LogP contribution is -2.36. The summed E-state index contributed by atoms with van der Waals surface area (Å²) in [7, 11) is 1.77. The molecule has 128 valence electrons. The number of carbonyl (C=O) groups is 2. The second-order valence-electron chi connectivity index (χ2n) is 7.30. The summed E-state index contributed by atoms with van der Waals surface area (Å²) in [6.45, 7) is 2.31. The highest BCUT2D eigenvalue weighted by molar-refractivity contribution is 5.92. The van der Waals surface area contributed by atoms with Gasteiger partial charge in [0.05, 0.1) is 0 Å². The number of hydrogen-bond donors (Lipinski definition) is 0. The Morgan fingerprint density at radius 3 is 2.28 bits per heavy atom. The molecule has 4 rings (SSSR count). The van der Waals surface area contributed by atoms with E-state index in [0.29, 0.717) is 0 Å². The van der Waals surface area contributed by atoms with Gasteiger partial charge in [0.25, 0.3) is 0 Å². The molecular formula is C21H22N2O2. The predicted octanol–water partition coefficient (Wildman–Crippen LogP) is 2.96. The standard InChI is InChI=1S/C21H22N2O2/c1-21(16-11-7-4-8-12-16)13-17(21)20(25)23-14-18(24)22(2)19(23)15-9-5-3-6-10-15/h3-12,17,19H,13-14H2,1-2H3/t17-,19?,21-/m0/s1. The lowest BCUT2D eigenvalue weighted by atomic mass is 9.95. The number of rotatable bonds is 3. The molecule has 1 aliphatic carbocycles. The quantitative estimate of drug-likeness (QED) is 0.866. The second kappa shape index (κ2) is 5.73. The third-order valence-corrected chi connectivity index (χ3v) is 5.71. The molecule has 1 saturated carbocycles. The van der Waals surface area contributed by atoms with E-state index in [-0.39, 0.29) is 35.9 Å². The largest absolute Gasteiger partial charge is 0.320 e. The van der Waals surface area contributed by atoms with Gasteiger partial charge in [0.15, 0.2) is 0 Å². The molecule has 0 bridgehead atoms. The highest BCUT2D eigenvalue weighted by Crippen LogP contribution is 2.55. The Labute approximate surface area is 148 Å². The molecule has 1 unspecified atom stereocenters. The summed E-state index contributed by atoms with van der Waals surface area (Å²) >= 11 is 0. The van der Waals surface area contributed by atoms with E-state index in [1.54, 1.807) is 16.8 Å². The normalized spacial score (nSPS) is 28.3. The number of benzene rings is 2. The fourth-order valence-corrected chi connectivity index (χ4v) is 3.98. The predicted molar refractivity (Wildman–Crippen MR) is 95.6 cm³/mol. The van der Waals surface area contributed by atoms with Gasteiger partial charge in [0.2, 0.25) is 11.8 Å². The number of nitrogens with zero attached hydrogens (tertiary/aromatic N) is 2. The third-order valence-electron chi connectivity index (χ3n) is 5.71. The van der Waals surface area contributed by atoms with Crippen molar-refractivity contribution in [2.75, 3.05) is 13.6 Å². The zero-order chi connectivity index (χ0) is 17.6. The second-order valence-corrected chi connectivity index (χ2v) is 7.30. The number of carbonyl (C=O) groups excluding carboxylic acids is 2. The van der Waals surface area contributed by atoms with Crippen molar-refractivity contribution in [1.29, 1.82) is 0 Å². The van der Waals surface area contributed by atoms with Crippen LogP contribution in [0.4, 0.5) is 0 Å². The summed E-state index contributed by atoms with van der Waals surface area (Å²) < 4.78 is 0. The Morgan fingerprint density at radius 2 is 1.64 bits per heavy atom. The molecule has 0 spiro atoms. The fraction of sp³-hybridized carbons (Fsp3) is 0.333. The van der Waals surface area contributed by atoms with E-state index in [1.807, 2.05) is 48.5 Å². The van der Waals surface area contributed by atoms with Crippen molar-refractivity contribution in [2.24, 2.45) is 5.92 Å². The van der Waals surface area contributed by atoms with Crippen molar-refractivity contribution in [1.82, 2.24) is 9.80 Å². The Balaban J connectivity index is 1.61. The van der Waals surface area contributed by atoms with Crippen molar-refractivity contribution in [2.45, 2.75) is 24.9 Å². The van der Waals surface area contributed by atoms with Crippen LogP contribution in [0.2, 0.25) is 0 Å². The summed E-state index contributed by atoms with van der Waals surface area (Å²) in [6, 6.07) is 20.0. The maximum atomic E-state index is 13.2. The van der Waals surface area contributed by atoms with Gasteiger partial charge in [0.1, 0.15) is 12.7 Å². The van der Waals surface area contributed by atoms with Gasteiger partial charge in [-0.15, -0.1) is 0 Å². The van der Waals surface area contributed by atoms with Gasteiger partial charge in [-0.2, -0.15) is 0 Å². The van der Waals surface area contributed by atoms with Crippen LogP contribution in [0.1, 0.15) is 30.6 Å². The number of hydrogen-bond acceptors (Lipinski definition) is 2. The van der Waals surface area contributed by atoms with Crippen molar-refractivity contribution in [3.8, 4) is 0 Å². The Morgan fingerprint density at radius 1 is 1.04 bits per heavy atom. The molecule has 1 heterocycles. The van der Waals surface area contributed by atoms with Crippen LogP contribution >= 0.6 is 0 Å². The highest BCUT2D eigenvalue weighted by Gasteiger charge is 2.58. The molecule has 0 N–H and O–H groups in total. The zero-order valence-corrected chi connectivity index (χ0v) is 14.6. The molecule has 0 radical (unpaired) electrons. The van der Waals surface area contributed by atoms with Crippen molar-refractivity contribution < 1.29 is 9.59 Å². The van der Waals surface area contributed by atoms with Crippen LogP contribution < -0.4 is 0 Å². The van der Waals surface area contributed by atoms with E-state index in [1.165, 1.54) is 5.56 Å². The van der Waals surface area contributed by atoms with Gasteiger partial charge in [-0.05, 0) is 17.5 Å². The van der Waals surface area contributed by atoms with Crippen LogP contribution in [0.5, 0.6) is 0 Å². The van der Waals surface area contributed by atoms with E-state index in [0.717, 1.165) is 12.0 Å². The summed E-state index contributed by atoms with van der Waals surface area (Å²) in [6.07, 6.45) is 0.535. The molecular weight excluding hydrogens is 312 g/mol. The molecule has 4 nitrogen and oxygen atoms in total. The van der Waals surface area contributed by atoms with E-state index in [4.69, 9.17) is 0 Å². The minimum Gasteiger partial charge on any atom is -0.320 e. The molecule has 2 aromatic rings. The first kappa shape index (κ1) is 15.9. The molecule has 2 aliphatic rings. The molecule has 1 aliphatic heterocycles. The maximum absolute atomic E-state index is 13.2. The Hall–Kier alpha value is -2.62. The van der Waals surface area contributed by atoms with Crippen LogP contribution in [0.15, 0.2) is 60.7 Å². The first-order valence-electron chi connectivity index (χ1n) is 8.69. The van der Waals surface area contributed by atoms with Crippen molar-refractivity contribution >= 4 is 11.8 Å². The van der Waals surface area contributed by atoms with Crippen LogP contribution in [0.3, 0.4) is 0 Å². The highest BCUT2D eigenvalue weighted by atomic mass is 16.2. The molecule has 2 amide bonds. The van der Waals surface area contributed by atoms with Crippen LogP contribution in [-0.2, 0) is 15.0 Å². The Kier molecular flexibility index (Phi) is 3.64. The van der Waals surface area contributed by atoms with Crippen LogP contribution in [0.25, 0.3) is 0 Å². The molecule has 1 saturated heterocycles. The van der Waals surface area contributed by atoms with Crippen molar-refractivity contribution in [3.63, 3.8) is 0 Å². The van der Waals surface area contributed by atoms with Gasteiger partial charge in [-0.3, -0.25) is 9.59 Å². The van der Waals surface area contributed by atoms with Gasteiger partial charge in [0, 0.05) is 18.4 Å². The summed E-state index contributed by atoms with van der Waals surface area (Å²) in [5.74, 6) is 0.0163. The average Bonchev–Trinajstić information content (AvgIpc) is 3.26. The Bertz CT molecular complexity index is 805. The molecule has 2 aromatic carbocycles. The summed E-state index contributed by atoms with van der Waals surface area (Å²) in [5.41, 5.74) is 2.05. The first-order chi connectivity index (χ1) is 12.0. The lowest BCUT2D eigenvalue weighted by Gasteiger charge is -2.28. The molecule has 3 atom stereocenters. The van der Waals surface area contributed by atoms with E-state index >= 15 is 0 Å². The number of amides is 2. The van der Waals surface area contributed by atoms with Gasteiger partial charge < -0.3 is 9.80 Å². The van der Waals surface area contributed by atoms with E-state index < -0.39 is 0 Å². The smallest absolute Gasteiger partial charge is 0.243 e. The lowest BCUT2D eigenvalue weighted by molar-refractivity contribution is -0.135. The number of likely N-dealkylation sites (N-methyl/N-ethyl adjacent to an activating group) is 1. The summed E-state index contributed by atoms with van der Waals surface area (Å²) in [4.78, 5) is 28.9. The summed E-state index contributed by atoms with van der Waals surface area (Å²) in [5, 5.41) is 0. The van der Waals surface area contributed by atoms with E-state index in [9.17, 15) is 9.59 Å². The SMILES string of the molecule is CN1C(=O)CN(C(=O)[C@@H]2C[C@@]2(C)c2ccccc2)C1c1ccccc1. The average molecular weight is 334 g/mol. The van der Waals surface area contributed by atoms with Crippen LogP contribution in [0, 0.1) is 5.92 Å². The molecule has 25 heavy (non-hydrogen) atoms. The monoisotopic (exact) mass is 334 g/mol. The van der Waals surface area contributed by atoms with Crippen molar-refractivity contribution in [3.05, 3.63) is 71.8 Å². The molecule has 4 heteroatoms. The van der Waals surface area contributed by atoms with E-state index in [2.05, 4.69) is 19.1 Å². The van der Waals surface area contributed by atoms with Gasteiger partial charge >= 0.3 is 0 Å². The minimum absolute atomic E-state index is 0.00994. The zero-order valence-electron chi connectivity index (χ0n) is 14.6. The fourth-order valence-electron chi connectivity index (χ4n) is 3.98. The van der Waals surface area contributed by atoms with Gasteiger partial charge in [-0.1, -0.05) is 67.6 Å². The maximum Gasteiger partial charge on any atom is 0.243 e. The minimum atomic E-state index is -0.304.